The van der Waals surface area contributed by atoms with Crippen molar-refractivity contribution in [3.8, 4) is 0 Å². The molecule has 1 aliphatic heterocycles. The maximum atomic E-state index is 12.1. The van der Waals surface area contributed by atoms with E-state index in [4.69, 9.17) is 5.11 Å². The van der Waals surface area contributed by atoms with Crippen molar-refractivity contribution in [3.05, 3.63) is 30.0 Å². The lowest BCUT2D eigenvalue weighted by Crippen LogP contribution is -2.40. The van der Waals surface area contributed by atoms with Gasteiger partial charge in [0.05, 0.1) is 5.69 Å². The minimum Gasteiger partial charge on any atom is -0.478 e. The molecule has 1 aromatic heterocycles. The van der Waals surface area contributed by atoms with Crippen molar-refractivity contribution >= 4 is 23.9 Å². The fourth-order valence-corrected chi connectivity index (χ4v) is 2.17. The number of aliphatic carboxylic acids is 1. The molecule has 0 unspecified atom stereocenters. The number of urea groups is 1. The number of rotatable bonds is 3. The van der Waals surface area contributed by atoms with Gasteiger partial charge in [0.15, 0.2) is 0 Å². The van der Waals surface area contributed by atoms with E-state index in [1.807, 2.05) is 0 Å². The molecule has 6 heteroatoms. The molecule has 2 amide bonds. The van der Waals surface area contributed by atoms with E-state index in [1.165, 1.54) is 6.08 Å². The maximum absolute atomic E-state index is 12.1. The van der Waals surface area contributed by atoms with Gasteiger partial charge in [-0.1, -0.05) is 13.0 Å². The van der Waals surface area contributed by atoms with Crippen LogP contribution in [-0.4, -0.2) is 40.1 Å². The lowest BCUT2D eigenvalue weighted by atomic mass is 10.00. The SMILES string of the molecule is CC1CCN(C(=O)Nc2cccc(C=CC(=O)O)n2)CC1. The number of anilines is 1. The van der Waals surface area contributed by atoms with Gasteiger partial charge in [-0.3, -0.25) is 5.32 Å². The number of nitrogens with one attached hydrogen (secondary N) is 1. The molecule has 0 radical (unpaired) electrons. The van der Waals surface area contributed by atoms with E-state index in [2.05, 4.69) is 17.2 Å². The molecule has 1 aliphatic rings. The van der Waals surface area contributed by atoms with Crippen LogP contribution in [0.1, 0.15) is 25.5 Å². The van der Waals surface area contributed by atoms with E-state index in [1.54, 1.807) is 23.1 Å². The summed E-state index contributed by atoms with van der Waals surface area (Å²) in [4.78, 5) is 28.6. The van der Waals surface area contributed by atoms with Crippen LogP contribution in [0.25, 0.3) is 6.08 Å². The highest BCUT2D eigenvalue weighted by Crippen LogP contribution is 2.17. The van der Waals surface area contributed by atoms with E-state index < -0.39 is 5.97 Å². The Labute approximate surface area is 123 Å². The number of carbonyl (C=O) groups excluding carboxylic acids is 1. The fraction of sp³-hybridized carbons (Fsp3) is 0.400. The van der Waals surface area contributed by atoms with Gasteiger partial charge < -0.3 is 10.0 Å². The summed E-state index contributed by atoms with van der Waals surface area (Å²) in [6.45, 7) is 3.70. The molecule has 2 heterocycles. The predicted molar refractivity (Wildman–Crippen MR) is 79.9 cm³/mol. The average molecular weight is 289 g/mol. The number of carbonyl (C=O) groups is 2. The minimum atomic E-state index is -1.03. The largest absolute Gasteiger partial charge is 0.478 e. The van der Waals surface area contributed by atoms with Gasteiger partial charge in [0.1, 0.15) is 5.82 Å². The highest BCUT2D eigenvalue weighted by Gasteiger charge is 2.20. The van der Waals surface area contributed by atoms with Crippen molar-refractivity contribution < 1.29 is 14.7 Å². The molecular formula is C15H19N3O3. The Morgan fingerprint density at radius 2 is 2.10 bits per heavy atom. The summed E-state index contributed by atoms with van der Waals surface area (Å²) in [7, 11) is 0. The lowest BCUT2D eigenvalue weighted by molar-refractivity contribution is -0.131. The Morgan fingerprint density at radius 1 is 1.38 bits per heavy atom. The first-order valence-corrected chi connectivity index (χ1v) is 6.98. The second kappa shape index (κ2) is 6.88. The standard InChI is InChI=1S/C15H19N3O3/c1-11-7-9-18(10-8-11)15(21)17-13-4-2-3-12(16-13)5-6-14(19)20/h2-6,11H,7-10H2,1H3,(H,19,20)(H,16,17,21). The first kappa shape index (κ1) is 15.0. The topological polar surface area (TPSA) is 82.5 Å². The highest BCUT2D eigenvalue weighted by atomic mass is 16.4. The van der Waals surface area contributed by atoms with Crippen LogP contribution < -0.4 is 5.32 Å². The van der Waals surface area contributed by atoms with Crippen molar-refractivity contribution in [1.82, 2.24) is 9.88 Å². The Balaban J connectivity index is 1.97. The zero-order valence-corrected chi connectivity index (χ0v) is 12.0. The van der Waals surface area contributed by atoms with Gasteiger partial charge >= 0.3 is 12.0 Å². The summed E-state index contributed by atoms with van der Waals surface area (Å²) in [5, 5.41) is 11.3. The number of hydrogen-bond acceptors (Lipinski definition) is 3. The number of hydrogen-bond donors (Lipinski definition) is 2. The van der Waals surface area contributed by atoms with E-state index in [0.29, 0.717) is 17.4 Å². The summed E-state index contributed by atoms with van der Waals surface area (Å²) in [6.07, 6.45) is 4.44. The molecule has 0 spiro atoms. The quantitative estimate of drug-likeness (QED) is 0.837. The predicted octanol–water partition coefficient (Wildman–Crippen LogP) is 2.44. The molecule has 112 valence electrons. The van der Waals surface area contributed by atoms with Crippen LogP contribution in [-0.2, 0) is 4.79 Å². The molecule has 21 heavy (non-hydrogen) atoms. The molecule has 0 aliphatic carbocycles. The summed E-state index contributed by atoms with van der Waals surface area (Å²) in [6, 6.07) is 4.93. The zero-order chi connectivity index (χ0) is 15.2. The minimum absolute atomic E-state index is 0.159. The van der Waals surface area contributed by atoms with Crippen molar-refractivity contribution in [3.63, 3.8) is 0 Å². The summed E-state index contributed by atoms with van der Waals surface area (Å²) in [5.41, 5.74) is 0.488. The summed E-state index contributed by atoms with van der Waals surface area (Å²) < 4.78 is 0. The Kier molecular flexibility index (Phi) is 4.92. The maximum Gasteiger partial charge on any atom is 0.328 e. The van der Waals surface area contributed by atoms with E-state index in [-0.39, 0.29) is 6.03 Å². The van der Waals surface area contributed by atoms with E-state index in [0.717, 1.165) is 32.0 Å². The van der Waals surface area contributed by atoms with Gasteiger partial charge in [0, 0.05) is 19.2 Å². The Hall–Kier alpha value is -2.37. The number of pyridine rings is 1. The molecule has 6 nitrogen and oxygen atoms in total. The highest BCUT2D eigenvalue weighted by molar-refractivity contribution is 5.88. The van der Waals surface area contributed by atoms with Crippen molar-refractivity contribution in [2.75, 3.05) is 18.4 Å². The van der Waals surface area contributed by atoms with Gasteiger partial charge in [-0.05, 0) is 37.0 Å². The third kappa shape index (κ3) is 4.59. The third-order valence-electron chi connectivity index (χ3n) is 3.47. The second-order valence-corrected chi connectivity index (χ2v) is 5.22. The van der Waals surface area contributed by atoms with Crippen LogP contribution in [0.2, 0.25) is 0 Å². The molecule has 2 N–H and O–H groups in total. The molecule has 1 fully saturated rings. The second-order valence-electron chi connectivity index (χ2n) is 5.22. The van der Waals surface area contributed by atoms with Gasteiger partial charge in [-0.15, -0.1) is 0 Å². The van der Waals surface area contributed by atoms with Crippen LogP contribution in [0, 0.1) is 5.92 Å². The fourth-order valence-electron chi connectivity index (χ4n) is 2.17. The number of nitrogens with zero attached hydrogens (tertiary/aromatic N) is 2. The average Bonchev–Trinajstić information content (AvgIpc) is 2.46. The number of carboxylic acids is 1. The number of likely N-dealkylation sites (tertiary alicyclic amines) is 1. The normalized spacial score (nSPS) is 16.1. The van der Waals surface area contributed by atoms with Gasteiger partial charge in [-0.2, -0.15) is 0 Å². The van der Waals surface area contributed by atoms with Crippen molar-refractivity contribution in [2.24, 2.45) is 5.92 Å². The van der Waals surface area contributed by atoms with Crippen molar-refractivity contribution in [1.29, 1.82) is 0 Å². The van der Waals surface area contributed by atoms with Crippen LogP contribution in [0.15, 0.2) is 24.3 Å². The molecule has 1 saturated heterocycles. The first-order chi connectivity index (χ1) is 10.0. The molecule has 1 aromatic rings. The number of amides is 2. The van der Waals surface area contributed by atoms with Gasteiger partial charge in [-0.25, -0.2) is 14.6 Å². The Morgan fingerprint density at radius 3 is 2.76 bits per heavy atom. The Bertz CT molecular complexity index is 549. The molecule has 0 saturated carbocycles. The summed E-state index contributed by atoms with van der Waals surface area (Å²) in [5.74, 6) is 0.0523. The van der Waals surface area contributed by atoms with Crippen LogP contribution in [0.3, 0.4) is 0 Å². The third-order valence-corrected chi connectivity index (χ3v) is 3.47. The van der Waals surface area contributed by atoms with Gasteiger partial charge in [0.2, 0.25) is 0 Å². The number of piperidine rings is 1. The lowest BCUT2D eigenvalue weighted by Gasteiger charge is -2.30. The summed E-state index contributed by atoms with van der Waals surface area (Å²) >= 11 is 0. The molecule has 0 aromatic carbocycles. The number of aromatic nitrogens is 1. The van der Waals surface area contributed by atoms with Crippen LogP contribution >= 0.6 is 0 Å². The van der Waals surface area contributed by atoms with Crippen LogP contribution in [0.5, 0.6) is 0 Å². The monoisotopic (exact) mass is 289 g/mol. The molecular weight excluding hydrogens is 270 g/mol. The van der Waals surface area contributed by atoms with Gasteiger partial charge in [0.25, 0.3) is 0 Å². The first-order valence-electron chi connectivity index (χ1n) is 6.98. The molecule has 0 bridgehead atoms. The molecule has 2 rings (SSSR count). The van der Waals surface area contributed by atoms with Crippen LogP contribution in [0.4, 0.5) is 10.6 Å². The zero-order valence-electron chi connectivity index (χ0n) is 12.0. The smallest absolute Gasteiger partial charge is 0.328 e. The van der Waals surface area contributed by atoms with E-state index in [9.17, 15) is 9.59 Å². The van der Waals surface area contributed by atoms with Crippen molar-refractivity contribution in [2.45, 2.75) is 19.8 Å². The number of carboxylic acid groups (broad SMARTS) is 1. The molecule has 0 atom stereocenters. The van der Waals surface area contributed by atoms with E-state index >= 15 is 0 Å².